The quantitative estimate of drug-likeness (QED) is 0.878. The highest BCUT2D eigenvalue weighted by Gasteiger charge is 2.26. The van der Waals surface area contributed by atoms with Crippen molar-refractivity contribution in [3.05, 3.63) is 30.1 Å². The summed E-state index contributed by atoms with van der Waals surface area (Å²) in [7, 11) is 1.72. The number of benzene rings is 1. The number of hydrogen-bond acceptors (Lipinski definition) is 3. The first-order chi connectivity index (χ1) is 8.60. The van der Waals surface area contributed by atoms with Gasteiger partial charge in [-0.2, -0.15) is 0 Å². The second kappa shape index (κ2) is 5.08. The van der Waals surface area contributed by atoms with Crippen LogP contribution in [0.4, 0.5) is 0 Å². The zero-order valence-electron chi connectivity index (χ0n) is 11.3. The first kappa shape index (κ1) is 13.1. The maximum atomic E-state index is 5.87. The Morgan fingerprint density at radius 3 is 2.72 bits per heavy atom. The van der Waals surface area contributed by atoms with Gasteiger partial charge in [0.15, 0.2) is 0 Å². The molecule has 4 heteroatoms. The van der Waals surface area contributed by atoms with Gasteiger partial charge < -0.3 is 15.0 Å². The van der Waals surface area contributed by atoms with Gasteiger partial charge in [0.05, 0.1) is 17.6 Å². The van der Waals surface area contributed by atoms with Crippen molar-refractivity contribution in [2.45, 2.75) is 25.8 Å². The van der Waals surface area contributed by atoms with Gasteiger partial charge in [0.2, 0.25) is 0 Å². The molecule has 1 heterocycles. The van der Waals surface area contributed by atoms with Crippen LogP contribution in [-0.2, 0) is 16.7 Å². The van der Waals surface area contributed by atoms with Crippen molar-refractivity contribution >= 4 is 11.0 Å². The van der Waals surface area contributed by atoms with Crippen LogP contribution in [0.2, 0.25) is 0 Å². The van der Waals surface area contributed by atoms with Crippen molar-refractivity contribution in [1.29, 1.82) is 0 Å². The highest BCUT2D eigenvalue weighted by molar-refractivity contribution is 5.76. The number of methoxy groups -OCH3 is 1. The maximum absolute atomic E-state index is 5.87. The molecule has 0 aliphatic rings. The number of nitrogens with two attached hydrogens (primary N) is 1. The fraction of sp³-hybridized carbons (Fsp3) is 0.500. The SMILES string of the molecule is COCCn1c(C(C)(C)CN)nc2ccccc21. The minimum Gasteiger partial charge on any atom is -0.383 e. The predicted molar refractivity (Wildman–Crippen MR) is 73.7 cm³/mol. The van der Waals surface area contributed by atoms with E-state index in [2.05, 4.69) is 24.5 Å². The lowest BCUT2D eigenvalue weighted by Crippen LogP contribution is -2.32. The molecule has 0 radical (unpaired) electrons. The van der Waals surface area contributed by atoms with E-state index in [4.69, 9.17) is 15.5 Å². The van der Waals surface area contributed by atoms with Crippen LogP contribution >= 0.6 is 0 Å². The zero-order valence-corrected chi connectivity index (χ0v) is 11.3. The Morgan fingerprint density at radius 1 is 1.33 bits per heavy atom. The Morgan fingerprint density at radius 2 is 2.06 bits per heavy atom. The van der Waals surface area contributed by atoms with Gasteiger partial charge >= 0.3 is 0 Å². The number of aromatic nitrogens is 2. The molecule has 98 valence electrons. The van der Waals surface area contributed by atoms with Gasteiger partial charge in [-0.15, -0.1) is 0 Å². The molecule has 2 rings (SSSR count). The predicted octanol–water partition coefficient (Wildman–Crippen LogP) is 1.92. The molecule has 0 spiro atoms. The van der Waals surface area contributed by atoms with Crippen LogP contribution in [0.25, 0.3) is 11.0 Å². The Balaban J connectivity index is 2.56. The van der Waals surface area contributed by atoms with E-state index >= 15 is 0 Å². The van der Waals surface area contributed by atoms with Crippen LogP contribution in [0.1, 0.15) is 19.7 Å². The van der Waals surface area contributed by atoms with Gasteiger partial charge in [-0.1, -0.05) is 26.0 Å². The van der Waals surface area contributed by atoms with Gasteiger partial charge in [-0.25, -0.2) is 4.98 Å². The third-order valence-electron chi connectivity index (χ3n) is 3.29. The van der Waals surface area contributed by atoms with Crippen molar-refractivity contribution < 1.29 is 4.74 Å². The van der Waals surface area contributed by atoms with E-state index in [1.54, 1.807) is 7.11 Å². The molecule has 0 fully saturated rings. The number of imidazole rings is 1. The normalized spacial score (nSPS) is 12.2. The van der Waals surface area contributed by atoms with Crippen molar-refractivity contribution in [2.75, 3.05) is 20.3 Å². The molecule has 4 nitrogen and oxygen atoms in total. The molecular formula is C14H21N3O. The summed E-state index contributed by atoms with van der Waals surface area (Å²) in [5, 5.41) is 0. The smallest absolute Gasteiger partial charge is 0.116 e. The summed E-state index contributed by atoms with van der Waals surface area (Å²) in [6.07, 6.45) is 0. The number of para-hydroxylation sites is 2. The summed E-state index contributed by atoms with van der Waals surface area (Å²) in [5.74, 6) is 1.03. The Hall–Kier alpha value is -1.39. The Bertz CT molecular complexity index is 531. The molecule has 18 heavy (non-hydrogen) atoms. The summed E-state index contributed by atoms with van der Waals surface area (Å²) in [4.78, 5) is 4.74. The van der Waals surface area contributed by atoms with Gasteiger partial charge in [0.1, 0.15) is 5.82 Å². The lowest BCUT2D eigenvalue weighted by atomic mass is 9.92. The van der Waals surface area contributed by atoms with Gasteiger partial charge in [0.25, 0.3) is 0 Å². The number of hydrogen-bond donors (Lipinski definition) is 1. The van der Waals surface area contributed by atoms with Crippen LogP contribution < -0.4 is 5.73 Å². The number of nitrogens with zero attached hydrogens (tertiary/aromatic N) is 2. The third-order valence-corrected chi connectivity index (χ3v) is 3.29. The molecular weight excluding hydrogens is 226 g/mol. The van der Waals surface area contributed by atoms with Crippen LogP contribution in [-0.4, -0.2) is 29.8 Å². The monoisotopic (exact) mass is 247 g/mol. The highest BCUT2D eigenvalue weighted by atomic mass is 16.5. The average molecular weight is 247 g/mol. The molecule has 0 saturated heterocycles. The van der Waals surface area contributed by atoms with Crippen LogP contribution in [0.15, 0.2) is 24.3 Å². The molecule has 0 unspecified atom stereocenters. The van der Waals surface area contributed by atoms with Gasteiger partial charge in [-0.3, -0.25) is 0 Å². The van der Waals surface area contributed by atoms with E-state index < -0.39 is 0 Å². The van der Waals surface area contributed by atoms with E-state index in [1.165, 1.54) is 0 Å². The van der Waals surface area contributed by atoms with Gasteiger partial charge in [0, 0.05) is 25.6 Å². The maximum Gasteiger partial charge on any atom is 0.116 e. The first-order valence-corrected chi connectivity index (χ1v) is 6.25. The zero-order chi connectivity index (χ0) is 13.2. The van der Waals surface area contributed by atoms with Crippen molar-refractivity contribution in [2.24, 2.45) is 5.73 Å². The largest absolute Gasteiger partial charge is 0.383 e. The van der Waals surface area contributed by atoms with Crippen molar-refractivity contribution in [3.63, 3.8) is 0 Å². The molecule has 0 atom stereocenters. The number of ether oxygens (including phenoxy) is 1. The third kappa shape index (κ3) is 2.26. The lowest BCUT2D eigenvalue weighted by molar-refractivity contribution is 0.186. The van der Waals surface area contributed by atoms with Crippen LogP contribution in [0.3, 0.4) is 0 Å². The highest BCUT2D eigenvalue weighted by Crippen LogP contribution is 2.25. The summed E-state index contributed by atoms with van der Waals surface area (Å²) >= 11 is 0. The van der Waals surface area contributed by atoms with Crippen LogP contribution in [0.5, 0.6) is 0 Å². The molecule has 2 N–H and O–H groups in total. The standard InChI is InChI=1S/C14H21N3O/c1-14(2,10-15)13-16-11-6-4-5-7-12(11)17(13)8-9-18-3/h4-7H,8-10,15H2,1-3H3. The molecule has 0 amide bonds. The van der Waals surface area contributed by atoms with Gasteiger partial charge in [-0.05, 0) is 12.1 Å². The molecule has 0 saturated carbocycles. The fourth-order valence-electron chi connectivity index (χ4n) is 2.09. The summed E-state index contributed by atoms with van der Waals surface area (Å²) in [6, 6.07) is 8.17. The van der Waals surface area contributed by atoms with E-state index in [0.717, 1.165) is 23.4 Å². The second-order valence-corrected chi connectivity index (χ2v) is 5.16. The minimum absolute atomic E-state index is 0.132. The lowest BCUT2D eigenvalue weighted by Gasteiger charge is -2.23. The second-order valence-electron chi connectivity index (χ2n) is 5.16. The number of fused-ring (bicyclic) bond motifs is 1. The van der Waals surface area contributed by atoms with E-state index in [1.807, 2.05) is 18.2 Å². The van der Waals surface area contributed by atoms with E-state index in [9.17, 15) is 0 Å². The summed E-state index contributed by atoms with van der Waals surface area (Å²) < 4.78 is 7.40. The molecule has 0 aliphatic heterocycles. The van der Waals surface area contributed by atoms with E-state index in [0.29, 0.717) is 13.2 Å². The molecule has 1 aromatic heterocycles. The molecule has 0 aliphatic carbocycles. The number of rotatable bonds is 5. The fourth-order valence-corrected chi connectivity index (χ4v) is 2.09. The molecule has 2 aromatic rings. The van der Waals surface area contributed by atoms with Crippen molar-refractivity contribution in [3.8, 4) is 0 Å². The van der Waals surface area contributed by atoms with E-state index in [-0.39, 0.29) is 5.41 Å². The topological polar surface area (TPSA) is 53.1 Å². The Labute approximate surface area is 108 Å². The molecule has 0 bridgehead atoms. The van der Waals surface area contributed by atoms with Crippen LogP contribution in [0, 0.1) is 0 Å². The average Bonchev–Trinajstić information content (AvgIpc) is 2.76. The van der Waals surface area contributed by atoms with Crippen molar-refractivity contribution in [1.82, 2.24) is 9.55 Å². The summed E-state index contributed by atoms with van der Waals surface area (Å²) in [6.45, 7) is 6.29. The Kier molecular flexibility index (Phi) is 3.68. The first-order valence-electron chi connectivity index (χ1n) is 6.25. The molecule has 1 aromatic carbocycles. The minimum atomic E-state index is -0.132. The summed E-state index contributed by atoms with van der Waals surface area (Å²) in [5.41, 5.74) is 7.90.